The molecule has 1 aromatic rings. The molecule has 1 heterocycles. The first kappa shape index (κ1) is 9.03. The maximum Gasteiger partial charge on any atom is 0.300 e. The van der Waals surface area contributed by atoms with Gasteiger partial charge in [-0.05, 0) is 12.8 Å². The molecule has 0 spiro atoms. The van der Waals surface area contributed by atoms with E-state index in [-0.39, 0.29) is 0 Å². The Hall–Kier alpha value is -1.06. The molecule has 0 aliphatic carbocycles. The molecule has 0 saturated carbocycles. The Morgan fingerprint density at radius 2 is 2.08 bits per heavy atom. The van der Waals surface area contributed by atoms with E-state index < -0.39 is 11.4 Å². The van der Waals surface area contributed by atoms with Crippen molar-refractivity contribution in [3.8, 4) is 0 Å². The van der Waals surface area contributed by atoms with Crippen molar-refractivity contribution in [2.75, 3.05) is 0 Å². The molecule has 4 heteroatoms. The van der Waals surface area contributed by atoms with Crippen molar-refractivity contribution in [2.45, 2.75) is 32.6 Å². The molecular formula is C8H13FN2O. The summed E-state index contributed by atoms with van der Waals surface area (Å²) in [5, 5.41) is 4.73. The maximum atomic E-state index is 12.8. The van der Waals surface area contributed by atoms with Crippen LogP contribution in [0.1, 0.15) is 31.9 Å². The van der Waals surface area contributed by atoms with Crippen molar-refractivity contribution in [1.82, 2.24) is 10.2 Å². The molecule has 0 aliphatic rings. The second-order valence-electron chi connectivity index (χ2n) is 2.83. The van der Waals surface area contributed by atoms with Crippen LogP contribution in [0.5, 0.6) is 0 Å². The number of H-pyrrole nitrogens is 2. The second kappa shape index (κ2) is 4.09. The zero-order chi connectivity index (χ0) is 8.97. The summed E-state index contributed by atoms with van der Waals surface area (Å²) in [7, 11) is 0. The Kier molecular flexibility index (Phi) is 3.08. The predicted octanol–water partition coefficient (Wildman–Crippen LogP) is 1.57. The van der Waals surface area contributed by atoms with Crippen LogP contribution in [0, 0.1) is 5.82 Å². The van der Waals surface area contributed by atoms with E-state index in [4.69, 9.17) is 0 Å². The Labute approximate surface area is 70.0 Å². The Bertz CT molecular complexity index is 289. The van der Waals surface area contributed by atoms with E-state index in [1.165, 1.54) is 0 Å². The van der Waals surface area contributed by atoms with Crippen molar-refractivity contribution >= 4 is 0 Å². The number of aromatic nitrogens is 2. The highest BCUT2D eigenvalue weighted by Gasteiger charge is 2.07. The monoisotopic (exact) mass is 172 g/mol. The van der Waals surface area contributed by atoms with E-state index >= 15 is 0 Å². The highest BCUT2D eigenvalue weighted by molar-refractivity contribution is 5.01. The summed E-state index contributed by atoms with van der Waals surface area (Å²) in [6.07, 6.45) is 3.68. The fourth-order valence-electron chi connectivity index (χ4n) is 1.10. The van der Waals surface area contributed by atoms with Gasteiger partial charge in [0.2, 0.25) is 5.82 Å². The summed E-state index contributed by atoms with van der Waals surface area (Å²) in [6, 6.07) is 0. The SMILES string of the molecule is CCCCCc1[nH][nH]c(=O)c1F. The highest BCUT2D eigenvalue weighted by atomic mass is 19.1. The van der Waals surface area contributed by atoms with E-state index in [2.05, 4.69) is 17.1 Å². The van der Waals surface area contributed by atoms with Crippen LogP contribution < -0.4 is 5.56 Å². The van der Waals surface area contributed by atoms with E-state index in [1.807, 2.05) is 0 Å². The molecule has 0 aromatic carbocycles. The smallest absolute Gasteiger partial charge is 0.299 e. The molecule has 0 radical (unpaired) electrons. The van der Waals surface area contributed by atoms with Gasteiger partial charge < -0.3 is 0 Å². The van der Waals surface area contributed by atoms with Crippen LogP contribution in [0.2, 0.25) is 0 Å². The predicted molar refractivity (Wildman–Crippen MR) is 44.6 cm³/mol. The lowest BCUT2D eigenvalue weighted by atomic mass is 10.1. The van der Waals surface area contributed by atoms with Crippen molar-refractivity contribution in [3.63, 3.8) is 0 Å². The maximum absolute atomic E-state index is 12.8. The van der Waals surface area contributed by atoms with Gasteiger partial charge in [0, 0.05) is 0 Å². The molecule has 3 nitrogen and oxygen atoms in total. The Morgan fingerprint density at radius 3 is 2.58 bits per heavy atom. The fourth-order valence-corrected chi connectivity index (χ4v) is 1.10. The minimum Gasteiger partial charge on any atom is -0.299 e. The number of nitrogens with one attached hydrogen (secondary N) is 2. The van der Waals surface area contributed by atoms with Crippen LogP contribution in [-0.4, -0.2) is 10.2 Å². The quantitative estimate of drug-likeness (QED) is 0.665. The molecule has 0 unspecified atom stereocenters. The summed E-state index contributed by atoms with van der Waals surface area (Å²) >= 11 is 0. The second-order valence-corrected chi connectivity index (χ2v) is 2.83. The van der Waals surface area contributed by atoms with E-state index in [1.54, 1.807) is 0 Å². The minimum absolute atomic E-state index is 0.397. The van der Waals surface area contributed by atoms with Crippen LogP contribution >= 0.6 is 0 Å². The molecule has 1 aromatic heterocycles. The molecule has 0 fully saturated rings. The third kappa shape index (κ3) is 1.96. The fraction of sp³-hybridized carbons (Fsp3) is 0.625. The summed E-state index contributed by atoms with van der Waals surface area (Å²) in [4.78, 5) is 10.6. The van der Waals surface area contributed by atoms with Crippen LogP contribution in [0.4, 0.5) is 4.39 Å². The highest BCUT2D eigenvalue weighted by Crippen LogP contribution is 2.04. The first-order valence-corrected chi connectivity index (χ1v) is 4.20. The first-order valence-electron chi connectivity index (χ1n) is 4.20. The number of unbranched alkanes of at least 4 members (excludes halogenated alkanes) is 2. The first-order chi connectivity index (χ1) is 5.75. The number of hydrogen-bond donors (Lipinski definition) is 2. The lowest BCUT2D eigenvalue weighted by Gasteiger charge is -1.94. The molecular weight excluding hydrogens is 159 g/mol. The van der Waals surface area contributed by atoms with Crippen molar-refractivity contribution in [3.05, 3.63) is 21.9 Å². The summed E-state index contributed by atoms with van der Waals surface area (Å²) < 4.78 is 12.8. The third-order valence-electron chi connectivity index (χ3n) is 1.82. The van der Waals surface area contributed by atoms with Gasteiger partial charge in [-0.3, -0.25) is 15.0 Å². The normalized spacial score (nSPS) is 10.5. The lowest BCUT2D eigenvalue weighted by Crippen LogP contribution is -2.02. The van der Waals surface area contributed by atoms with Crippen LogP contribution in [-0.2, 0) is 6.42 Å². The van der Waals surface area contributed by atoms with Gasteiger partial charge in [0.25, 0.3) is 5.56 Å². The van der Waals surface area contributed by atoms with Gasteiger partial charge in [0.15, 0.2) is 0 Å². The molecule has 68 valence electrons. The molecule has 12 heavy (non-hydrogen) atoms. The molecule has 0 aliphatic heterocycles. The summed E-state index contributed by atoms with van der Waals surface area (Å²) in [6.45, 7) is 2.08. The molecule has 2 N–H and O–H groups in total. The van der Waals surface area contributed by atoms with Crippen molar-refractivity contribution in [2.24, 2.45) is 0 Å². The molecule has 1 rings (SSSR count). The zero-order valence-electron chi connectivity index (χ0n) is 7.11. The van der Waals surface area contributed by atoms with E-state index in [9.17, 15) is 9.18 Å². The van der Waals surface area contributed by atoms with Crippen molar-refractivity contribution < 1.29 is 4.39 Å². The van der Waals surface area contributed by atoms with Gasteiger partial charge in [-0.15, -0.1) is 0 Å². The van der Waals surface area contributed by atoms with Gasteiger partial charge in [-0.1, -0.05) is 19.8 Å². The molecule has 0 amide bonds. The Morgan fingerprint density at radius 1 is 1.33 bits per heavy atom. The largest absolute Gasteiger partial charge is 0.300 e. The molecule has 0 atom stereocenters. The number of aromatic amines is 2. The minimum atomic E-state index is -0.661. The van der Waals surface area contributed by atoms with Gasteiger partial charge in [-0.2, -0.15) is 4.39 Å². The summed E-state index contributed by atoms with van der Waals surface area (Å²) in [5.74, 6) is -0.661. The van der Waals surface area contributed by atoms with E-state index in [0.29, 0.717) is 12.1 Å². The summed E-state index contributed by atoms with van der Waals surface area (Å²) in [5.41, 5.74) is -0.255. The third-order valence-corrected chi connectivity index (χ3v) is 1.82. The average molecular weight is 172 g/mol. The van der Waals surface area contributed by atoms with E-state index in [0.717, 1.165) is 19.3 Å². The van der Waals surface area contributed by atoms with Crippen LogP contribution in [0.15, 0.2) is 4.79 Å². The molecule has 0 bridgehead atoms. The van der Waals surface area contributed by atoms with Gasteiger partial charge in [0.05, 0.1) is 5.69 Å². The Balaban J connectivity index is 2.52. The molecule has 0 saturated heterocycles. The number of aryl methyl sites for hydroxylation is 1. The standard InChI is InChI=1S/C8H13FN2O/c1-2-3-4-5-6-7(9)8(12)11-10-6/h2-5H2,1H3,(H2,10,11,12). The number of hydrogen-bond acceptors (Lipinski definition) is 1. The van der Waals surface area contributed by atoms with Crippen molar-refractivity contribution in [1.29, 1.82) is 0 Å². The van der Waals surface area contributed by atoms with Crippen LogP contribution in [0.25, 0.3) is 0 Å². The van der Waals surface area contributed by atoms with Gasteiger partial charge in [-0.25, -0.2) is 0 Å². The van der Waals surface area contributed by atoms with Crippen LogP contribution in [0.3, 0.4) is 0 Å². The number of halogens is 1. The topological polar surface area (TPSA) is 48.6 Å². The zero-order valence-corrected chi connectivity index (χ0v) is 7.11. The lowest BCUT2D eigenvalue weighted by molar-refractivity contribution is 0.590. The average Bonchev–Trinajstić information content (AvgIpc) is 2.36. The van der Waals surface area contributed by atoms with Gasteiger partial charge in [0.1, 0.15) is 0 Å². The van der Waals surface area contributed by atoms with Gasteiger partial charge >= 0.3 is 0 Å². The number of rotatable bonds is 4.